The maximum atomic E-state index is 12.9. The lowest BCUT2D eigenvalue weighted by Gasteiger charge is -2.67. The van der Waals surface area contributed by atoms with Crippen LogP contribution < -0.4 is 0 Å². The van der Waals surface area contributed by atoms with Crippen LogP contribution in [0.1, 0.15) is 99.8 Å². The van der Waals surface area contributed by atoms with Crippen LogP contribution in [-0.4, -0.2) is 39.8 Å². The number of carbonyl (C=O) groups is 2. The average Bonchev–Trinajstić information content (AvgIpc) is 3.12. The molecule has 0 amide bonds. The predicted molar refractivity (Wildman–Crippen MR) is 141 cm³/mol. The van der Waals surface area contributed by atoms with Crippen molar-refractivity contribution in [3.63, 3.8) is 0 Å². The Morgan fingerprint density at radius 1 is 1.06 bits per heavy atom. The number of Topliss-reactive ketones (excluding diaryl/α,β-unsaturated/α-hetero) is 1. The fourth-order valence-electron chi connectivity index (χ4n) is 10.2. The Bertz CT molecular complexity index is 895. The first-order valence-electron chi connectivity index (χ1n) is 14.5. The van der Waals surface area contributed by atoms with Gasteiger partial charge in [-0.1, -0.05) is 48.1 Å². The maximum Gasteiger partial charge on any atom is 0.302 e. The molecule has 2 N–H and O–H groups in total. The number of allylic oxidation sites excluding steroid dienone is 1. The van der Waals surface area contributed by atoms with Crippen LogP contribution in [0.25, 0.3) is 0 Å². The molecule has 0 bridgehead atoms. The fraction of sp³-hybridized carbons (Fsp3) is 0.871. The molecule has 5 nitrogen and oxygen atoms in total. The molecular formula is C31H50O5. The Hall–Kier alpha value is -1.20. The Morgan fingerprint density at radius 3 is 2.33 bits per heavy atom. The van der Waals surface area contributed by atoms with Crippen molar-refractivity contribution < 1.29 is 24.5 Å². The number of fused-ring (bicyclic) bond motifs is 5. The minimum Gasteiger partial charge on any atom is -0.462 e. The number of aliphatic hydroxyl groups is 2. The molecule has 0 heterocycles. The van der Waals surface area contributed by atoms with E-state index in [1.807, 2.05) is 13.8 Å². The second-order valence-corrected chi connectivity index (χ2v) is 14.0. The molecule has 204 valence electrons. The minimum absolute atomic E-state index is 0.0763. The summed E-state index contributed by atoms with van der Waals surface area (Å²) in [6.45, 7) is 18.5. The SMILES string of the molecule is C=C(C(=O)CC(C)C1CCC2C1(C)CC(O)C1C3(C)CCC(OC(C)=O)C(C)C3CCC21O)C(C)C. The topological polar surface area (TPSA) is 83.8 Å². The summed E-state index contributed by atoms with van der Waals surface area (Å²) in [5, 5.41) is 24.3. The fourth-order valence-corrected chi connectivity index (χ4v) is 10.2. The molecule has 4 fully saturated rings. The first kappa shape index (κ1) is 27.8. The smallest absolute Gasteiger partial charge is 0.302 e. The summed E-state index contributed by atoms with van der Waals surface area (Å²) in [5.74, 6) is 1.08. The van der Waals surface area contributed by atoms with E-state index in [-0.39, 0.29) is 58.3 Å². The Morgan fingerprint density at radius 2 is 1.72 bits per heavy atom. The first-order valence-corrected chi connectivity index (χ1v) is 14.5. The van der Waals surface area contributed by atoms with Crippen molar-refractivity contribution in [3.8, 4) is 0 Å². The molecule has 0 saturated heterocycles. The molecule has 4 saturated carbocycles. The van der Waals surface area contributed by atoms with Crippen molar-refractivity contribution in [2.24, 2.45) is 52.3 Å². The molecule has 0 aromatic heterocycles. The maximum absolute atomic E-state index is 12.9. The van der Waals surface area contributed by atoms with Crippen LogP contribution in [0.4, 0.5) is 0 Å². The van der Waals surface area contributed by atoms with Crippen LogP contribution >= 0.6 is 0 Å². The average molecular weight is 503 g/mol. The molecule has 36 heavy (non-hydrogen) atoms. The summed E-state index contributed by atoms with van der Waals surface area (Å²) in [6.07, 6.45) is 5.72. The number of hydrogen-bond donors (Lipinski definition) is 2. The standard InChI is InChI=1S/C31H50O5/c1-17(2)19(4)24(33)15-18(3)22-9-10-27-30(22,8)16-25(34)28-29(7)13-12-26(36-21(6)32)20(5)23(29)11-14-31(27,28)35/h17-18,20,22-23,25-28,34-35H,4,9-16H2,1-3,5-8H3. The van der Waals surface area contributed by atoms with E-state index in [2.05, 4.69) is 34.3 Å². The van der Waals surface area contributed by atoms with E-state index in [0.717, 1.165) is 32.1 Å². The van der Waals surface area contributed by atoms with Crippen LogP contribution in [0.2, 0.25) is 0 Å². The van der Waals surface area contributed by atoms with Gasteiger partial charge in [-0.05, 0) is 96.9 Å². The second kappa shape index (κ2) is 9.52. The molecule has 0 aromatic rings. The Balaban J connectivity index is 1.58. The summed E-state index contributed by atoms with van der Waals surface area (Å²) in [5.41, 5.74) is -0.564. The third kappa shape index (κ3) is 4.21. The molecule has 11 unspecified atom stereocenters. The molecule has 4 aliphatic rings. The van der Waals surface area contributed by atoms with Gasteiger partial charge in [0, 0.05) is 19.3 Å². The van der Waals surface area contributed by atoms with Gasteiger partial charge in [0.15, 0.2) is 5.78 Å². The lowest BCUT2D eigenvalue weighted by Crippen LogP contribution is -2.69. The summed E-state index contributed by atoms with van der Waals surface area (Å²) in [6, 6.07) is 0. The number of esters is 1. The molecule has 0 aliphatic heterocycles. The van der Waals surface area contributed by atoms with Gasteiger partial charge >= 0.3 is 5.97 Å². The van der Waals surface area contributed by atoms with Crippen LogP contribution in [0.5, 0.6) is 0 Å². The molecule has 0 spiro atoms. The van der Waals surface area contributed by atoms with Gasteiger partial charge in [-0.25, -0.2) is 0 Å². The number of rotatable bonds is 6. The highest BCUT2D eigenvalue weighted by molar-refractivity contribution is 5.95. The van der Waals surface area contributed by atoms with Crippen LogP contribution in [0.15, 0.2) is 12.2 Å². The zero-order valence-electron chi connectivity index (χ0n) is 23.7. The molecule has 0 aromatic carbocycles. The third-order valence-electron chi connectivity index (χ3n) is 11.8. The number of hydrogen-bond acceptors (Lipinski definition) is 5. The van der Waals surface area contributed by atoms with Crippen LogP contribution in [0.3, 0.4) is 0 Å². The third-order valence-corrected chi connectivity index (χ3v) is 11.8. The van der Waals surface area contributed by atoms with Crippen molar-refractivity contribution in [1.29, 1.82) is 0 Å². The van der Waals surface area contributed by atoms with Gasteiger partial charge in [-0.3, -0.25) is 9.59 Å². The lowest BCUT2D eigenvalue weighted by atomic mass is 9.40. The zero-order valence-corrected chi connectivity index (χ0v) is 23.7. The summed E-state index contributed by atoms with van der Waals surface area (Å²) in [4.78, 5) is 24.5. The highest BCUT2D eigenvalue weighted by Gasteiger charge is 2.70. The van der Waals surface area contributed by atoms with Crippen LogP contribution in [-0.2, 0) is 14.3 Å². The van der Waals surface area contributed by atoms with E-state index >= 15 is 0 Å². The van der Waals surface area contributed by atoms with Gasteiger partial charge in [0.1, 0.15) is 6.10 Å². The molecular weight excluding hydrogens is 452 g/mol. The number of ketones is 1. The van der Waals surface area contributed by atoms with Crippen molar-refractivity contribution in [1.82, 2.24) is 0 Å². The number of aliphatic hydroxyl groups excluding tert-OH is 1. The van der Waals surface area contributed by atoms with E-state index in [9.17, 15) is 19.8 Å². The van der Waals surface area contributed by atoms with E-state index in [0.29, 0.717) is 36.7 Å². The molecule has 11 atom stereocenters. The van der Waals surface area contributed by atoms with Gasteiger partial charge in [0.25, 0.3) is 0 Å². The number of carbonyl (C=O) groups excluding carboxylic acids is 2. The van der Waals surface area contributed by atoms with Crippen LogP contribution in [0, 0.1) is 52.3 Å². The van der Waals surface area contributed by atoms with Crippen molar-refractivity contribution in [2.45, 2.75) is 118 Å². The van der Waals surface area contributed by atoms with E-state index < -0.39 is 11.7 Å². The van der Waals surface area contributed by atoms with E-state index in [1.54, 1.807) is 0 Å². The van der Waals surface area contributed by atoms with Gasteiger partial charge in [-0.15, -0.1) is 0 Å². The first-order chi connectivity index (χ1) is 16.7. The Kier molecular flexibility index (Phi) is 7.36. The Labute approximate surface area is 218 Å². The predicted octanol–water partition coefficient (Wildman–Crippen LogP) is 5.72. The molecule has 0 radical (unpaired) electrons. The molecule has 5 heteroatoms. The minimum atomic E-state index is -0.897. The van der Waals surface area contributed by atoms with Gasteiger partial charge in [0.2, 0.25) is 0 Å². The van der Waals surface area contributed by atoms with E-state index in [4.69, 9.17) is 4.74 Å². The second-order valence-electron chi connectivity index (χ2n) is 14.0. The zero-order chi connectivity index (χ0) is 26.8. The highest BCUT2D eigenvalue weighted by atomic mass is 16.5. The van der Waals surface area contributed by atoms with Crippen molar-refractivity contribution >= 4 is 11.8 Å². The molecule has 4 rings (SSSR count). The summed E-state index contributed by atoms with van der Waals surface area (Å²) >= 11 is 0. The number of ether oxygens (including phenoxy) is 1. The quantitative estimate of drug-likeness (QED) is 0.359. The largest absolute Gasteiger partial charge is 0.462 e. The van der Waals surface area contributed by atoms with Gasteiger partial charge < -0.3 is 14.9 Å². The summed E-state index contributed by atoms with van der Waals surface area (Å²) < 4.78 is 5.68. The van der Waals surface area contributed by atoms with Crippen molar-refractivity contribution in [2.75, 3.05) is 0 Å². The highest BCUT2D eigenvalue weighted by Crippen LogP contribution is 2.70. The summed E-state index contributed by atoms with van der Waals surface area (Å²) in [7, 11) is 0. The normalized spacial score (nSPS) is 46.9. The molecule has 4 aliphatic carbocycles. The van der Waals surface area contributed by atoms with Gasteiger partial charge in [0.05, 0.1) is 11.7 Å². The van der Waals surface area contributed by atoms with Crippen molar-refractivity contribution in [3.05, 3.63) is 12.2 Å². The monoisotopic (exact) mass is 502 g/mol. The van der Waals surface area contributed by atoms with E-state index in [1.165, 1.54) is 6.92 Å². The lowest BCUT2D eigenvalue weighted by molar-refractivity contribution is -0.268. The van der Waals surface area contributed by atoms with Gasteiger partial charge in [-0.2, -0.15) is 0 Å².